The van der Waals surface area contributed by atoms with Crippen molar-refractivity contribution in [2.75, 3.05) is 38.3 Å². The van der Waals surface area contributed by atoms with Gasteiger partial charge in [0.05, 0.1) is 18.1 Å². The first-order valence-electron chi connectivity index (χ1n) is 5.94. The molecule has 0 bridgehead atoms. The second-order valence-electron chi connectivity index (χ2n) is 4.55. The minimum absolute atomic E-state index is 0.0750. The molecule has 1 aromatic rings. The fraction of sp³-hybridized carbons (Fsp3) is 0.636. The van der Waals surface area contributed by atoms with Crippen molar-refractivity contribution in [1.29, 1.82) is 0 Å². The lowest BCUT2D eigenvalue weighted by Crippen LogP contribution is -2.25. The Bertz CT molecular complexity index is 592. The molecule has 20 heavy (non-hydrogen) atoms. The number of carbonyl (C=O) groups excluding carboxylic acids is 1. The van der Waals surface area contributed by atoms with Crippen molar-refractivity contribution in [3.63, 3.8) is 0 Å². The molecule has 0 aromatic carbocycles. The number of sulfonamides is 1. The van der Waals surface area contributed by atoms with Crippen LogP contribution in [-0.2, 0) is 21.8 Å². The molecule has 1 N–H and O–H groups in total. The number of hydrogen-bond acceptors (Lipinski definition) is 5. The van der Waals surface area contributed by atoms with Gasteiger partial charge in [0.25, 0.3) is 5.91 Å². The molecule has 0 saturated carbocycles. The molecule has 0 unspecified atom stereocenters. The summed E-state index contributed by atoms with van der Waals surface area (Å²) in [6.07, 6.45) is 0. The van der Waals surface area contributed by atoms with E-state index < -0.39 is 10.0 Å². The molecule has 1 heterocycles. The molecular weight excluding hydrogens is 284 g/mol. The van der Waals surface area contributed by atoms with Gasteiger partial charge in [0.2, 0.25) is 10.0 Å². The van der Waals surface area contributed by atoms with Crippen LogP contribution in [0.2, 0.25) is 0 Å². The van der Waals surface area contributed by atoms with Gasteiger partial charge in [0.15, 0.2) is 5.69 Å². The molecule has 0 aliphatic carbocycles. The van der Waals surface area contributed by atoms with Gasteiger partial charge in [-0.1, -0.05) is 0 Å². The fourth-order valence-electron chi connectivity index (χ4n) is 1.49. The minimum atomic E-state index is -3.59. The molecule has 0 fully saturated rings. The first-order valence-corrected chi connectivity index (χ1v) is 7.59. The van der Waals surface area contributed by atoms with E-state index in [-0.39, 0.29) is 29.6 Å². The Morgan fingerprint density at radius 3 is 2.55 bits per heavy atom. The molecule has 0 saturated heterocycles. The molecule has 8 nitrogen and oxygen atoms in total. The summed E-state index contributed by atoms with van der Waals surface area (Å²) in [5.41, 5.74) is 0.856. The number of aryl methyl sites for hydroxylation is 1. The summed E-state index contributed by atoms with van der Waals surface area (Å²) in [6.45, 7) is 1.76. The van der Waals surface area contributed by atoms with Crippen molar-refractivity contribution in [3.8, 4) is 0 Å². The van der Waals surface area contributed by atoms with Gasteiger partial charge in [-0.15, -0.1) is 0 Å². The summed E-state index contributed by atoms with van der Waals surface area (Å²) >= 11 is 0. The van der Waals surface area contributed by atoms with E-state index in [0.717, 1.165) is 0 Å². The normalized spacial score (nSPS) is 11.4. The molecule has 9 heteroatoms. The third kappa shape index (κ3) is 3.70. The quantitative estimate of drug-likeness (QED) is 0.787. The highest BCUT2D eigenvalue weighted by Gasteiger charge is 2.24. The standard InChI is InChI=1S/C11H20N4O4S/c1-8-9(13-20(17,18)7-6-19-5)10(12-15(8)4)11(16)14(2)3/h13H,6-7H2,1-5H3. The summed E-state index contributed by atoms with van der Waals surface area (Å²) in [7, 11) is 2.64. The number of anilines is 1. The zero-order valence-corrected chi connectivity index (χ0v) is 13.1. The van der Waals surface area contributed by atoms with E-state index in [1.807, 2.05) is 0 Å². The number of aromatic nitrogens is 2. The zero-order chi connectivity index (χ0) is 15.5. The van der Waals surface area contributed by atoms with Gasteiger partial charge in [-0.3, -0.25) is 14.2 Å². The van der Waals surface area contributed by atoms with E-state index in [0.29, 0.717) is 5.69 Å². The van der Waals surface area contributed by atoms with Crippen LogP contribution in [-0.4, -0.2) is 62.6 Å². The molecular formula is C11H20N4O4S. The summed E-state index contributed by atoms with van der Waals surface area (Å²) < 4.78 is 32.4. The van der Waals surface area contributed by atoms with Gasteiger partial charge in [0.1, 0.15) is 5.69 Å². The number of nitrogens with zero attached hydrogens (tertiary/aromatic N) is 3. The van der Waals surface area contributed by atoms with Crippen LogP contribution >= 0.6 is 0 Å². The van der Waals surface area contributed by atoms with E-state index in [1.54, 1.807) is 28.1 Å². The van der Waals surface area contributed by atoms with Gasteiger partial charge in [-0.25, -0.2) is 8.42 Å². The lowest BCUT2D eigenvalue weighted by Gasteiger charge is -2.11. The van der Waals surface area contributed by atoms with Gasteiger partial charge < -0.3 is 9.64 Å². The molecule has 1 rings (SSSR count). The molecule has 1 amide bonds. The van der Waals surface area contributed by atoms with Crippen LogP contribution in [0.15, 0.2) is 0 Å². The van der Waals surface area contributed by atoms with Crippen molar-refractivity contribution in [2.24, 2.45) is 7.05 Å². The smallest absolute Gasteiger partial charge is 0.276 e. The average Bonchev–Trinajstić information content (AvgIpc) is 2.63. The number of methoxy groups -OCH3 is 1. The SMILES string of the molecule is COCCS(=O)(=O)Nc1c(C(=O)N(C)C)nn(C)c1C. The van der Waals surface area contributed by atoms with Crippen LogP contribution in [0.3, 0.4) is 0 Å². The van der Waals surface area contributed by atoms with Crippen molar-refractivity contribution in [2.45, 2.75) is 6.92 Å². The number of ether oxygens (including phenoxy) is 1. The lowest BCUT2D eigenvalue weighted by molar-refractivity contribution is 0.0822. The molecule has 0 aliphatic heterocycles. The first-order chi connectivity index (χ1) is 9.19. The Morgan fingerprint density at radius 2 is 2.05 bits per heavy atom. The summed E-state index contributed by atoms with van der Waals surface area (Å²) in [4.78, 5) is 13.4. The number of hydrogen-bond donors (Lipinski definition) is 1. The predicted molar refractivity (Wildman–Crippen MR) is 75.2 cm³/mol. The third-order valence-corrected chi connectivity index (χ3v) is 3.98. The topological polar surface area (TPSA) is 93.5 Å². The van der Waals surface area contributed by atoms with Gasteiger partial charge in [-0.05, 0) is 6.92 Å². The van der Waals surface area contributed by atoms with E-state index in [2.05, 4.69) is 9.82 Å². The van der Waals surface area contributed by atoms with Crippen LogP contribution in [0.25, 0.3) is 0 Å². The Kier molecular flexibility index (Phi) is 5.12. The summed E-state index contributed by atoms with van der Waals surface area (Å²) in [5.74, 6) is -0.550. The monoisotopic (exact) mass is 304 g/mol. The highest BCUT2D eigenvalue weighted by Crippen LogP contribution is 2.22. The van der Waals surface area contributed by atoms with Crippen LogP contribution in [0.1, 0.15) is 16.2 Å². The average molecular weight is 304 g/mol. The Labute approximate surface area is 118 Å². The highest BCUT2D eigenvalue weighted by atomic mass is 32.2. The number of amides is 1. The maximum absolute atomic E-state index is 12.0. The lowest BCUT2D eigenvalue weighted by atomic mass is 10.3. The number of rotatable bonds is 6. The van der Waals surface area contributed by atoms with Gasteiger partial charge in [-0.2, -0.15) is 5.10 Å². The van der Waals surface area contributed by atoms with E-state index in [1.165, 1.54) is 16.7 Å². The van der Waals surface area contributed by atoms with E-state index in [4.69, 9.17) is 4.74 Å². The maximum atomic E-state index is 12.0. The first kappa shape index (κ1) is 16.4. The van der Waals surface area contributed by atoms with Gasteiger partial charge >= 0.3 is 0 Å². The predicted octanol–water partition coefficient (Wildman–Crippen LogP) is -0.182. The van der Waals surface area contributed by atoms with Crippen LogP contribution < -0.4 is 4.72 Å². The molecule has 0 atom stereocenters. The molecule has 0 aliphatic rings. The van der Waals surface area contributed by atoms with Crippen molar-refractivity contribution < 1.29 is 17.9 Å². The Hall–Kier alpha value is -1.61. The molecule has 0 radical (unpaired) electrons. The highest BCUT2D eigenvalue weighted by molar-refractivity contribution is 7.92. The second-order valence-corrected chi connectivity index (χ2v) is 6.39. The van der Waals surface area contributed by atoms with Crippen molar-refractivity contribution >= 4 is 21.6 Å². The zero-order valence-electron chi connectivity index (χ0n) is 12.3. The molecule has 0 spiro atoms. The molecule has 1 aromatic heterocycles. The fourth-order valence-corrected chi connectivity index (χ4v) is 2.53. The third-order valence-electron chi connectivity index (χ3n) is 2.76. The van der Waals surface area contributed by atoms with Crippen LogP contribution in [0.5, 0.6) is 0 Å². The van der Waals surface area contributed by atoms with Crippen LogP contribution in [0, 0.1) is 6.92 Å². The maximum Gasteiger partial charge on any atom is 0.276 e. The summed E-state index contributed by atoms with van der Waals surface area (Å²) in [5, 5.41) is 4.06. The summed E-state index contributed by atoms with van der Waals surface area (Å²) in [6, 6.07) is 0. The Balaban J connectivity index is 3.15. The number of nitrogens with one attached hydrogen (secondary N) is 1. The largest absolute Gasteiger partial charge is 0.384 e. The Morgan fingerprint density at radius 1 is 1.45 bits per heavy atom. The molecule has 114 valence electrons. The second kappa shape index (κ2) is 6.23. The minimum Gasteiger partial charge on any atom is -0.384 e. The van der Waals surface area contributed by atoms with Crippen molar-refractivity contribution in [1.82, 2.24) is 14.7 Å². The number of carbonyl (C=O) groups is 1. The van der Waals surface area contributed by atoms with E-state index in [9.17, 15) is 13.2 Å². The van der Waals surface area contributed by atoms with Crippen LogP contribution in [0.4, 0.5) is 5.69 Å². The van der Waals surface area contributed by atoms with Gasteiger partial charge in [0, 0.05) is 28.3 Å². The van der Waals surface area contributed by atoms with Crippen molar-refractivity contribution in [3.05, 3.63) is 11.4 Å². The van der Waals surface area contributed by atoms with E-state index >= 15 is 0 Å².